The molecule has 0 aliphatic carbocycles. The average Bonchev–Trinajstić information content (AvgIpc) is 3.11. The third kappa shape index (κ3) is 2.27. The fourth-order valence-corrected chi connectivity index (χ4v) is 3.77. The number of nitrogens with one attached hydrogen (secondary N) is 2. The van der Waals surface area contributed by atoms with Crippen LogP contribution in [-0.4, -0.2) is 47.0 Å². The number of fused-ring (bicyclic) bond motifs is 2. The van der Waals surface area contributed by atoms with Crippen LogP contribution < -0.4 is 5.32 Å². The molecule has 1 amide bonds. The molecule has 2 aliphatic rings. The smallest absolute Gasteiger partial charge is 0.256 e. The summed E-state index contributed by atoms with van der Waals surface area (Å²) in [5.74, 6) is 0.812. The standard InChI is InChI=1S/C16H19FN4O/c17-12-5-13(15-14(6-12)19-9-20-15)16(22)21-3-1-10-7-18-8-11(10)2-4-21/h5-6,9-11,18H,1-4,7-8H2,(H,19,20)/t10-,11+. The van der Waals surface area contributed by atoms with Crippen LogP contribution in [0.15, 0.2) is 18.5 Å². The van der Waals surface area contributed by atoms with E-state index in [4.69, 9.17) is 0 Å². The SMILES string of the molecule is O=C(c1cc(F)cc2[nH]cnc12)N1CC[C@@H]2CNC[C@@H]2CC1. The van der Waals surface area contributed by atoms with Gasteiger partial charge in [-0.15, -0.1) is 0 Å². The van der Waals surface area contributed by atoms with E-state index in [-0.39, 0.29) is 5.91 Å². The van der Waals surface area contributed by atoms with Crippen LogP contribution in [-0.2, 0) is 0 Å². The summed E-state index contributed by atoms with van der Waals surface area (Å²) in [6.07, 6.45) is 3.53. The van der Waals surface area contributed by atoms with Crippen molar-refractivity contribution in [2.75, 3.05) is 26.2 Å². The van der Waals surface area contributed by atoms with Gasteiger partial charge in [-0.1, -0.05) is 0 Å². The summed E-state index contributed by atoms with van der Waals surface area (Å²) in [7, 11) is 0. The Hall–Kier alpha value is -1.95. The van der Waals surface area contributed by atoms with Crippen LogP contribution in [0.5, 0.6) is 0 Å². The summed E-state index contributed by atoms with van der Waals surface area (Å²) in [6, 6.07) is 2.68. The number of imidazole rings is 1. The van der Waals surface area contributed by atoms with Gasteiger partial charge in [-0.3, -0.25) is 4.79 Å². The van der Waals surface area contributed by atoms with E-state index in [2.05, 4.69) is 15.3 Å². The number of carbonyl (C=O) groups is 1. The van der Waals surface area contributed by atoms with Gasteiger partial charge in [-0.2, -0.15) is 0 Å². The number of carbonyl (C=O) groups excluding carboxylic acids is 1. The molecule has 0 radical (unpaired) electrons. The number of likely N-dealkylation sites (tertiary alicyclic amines) is 1. The third-order valence-corrected chi connectivity index (χ3v) is 5.03. The number of rotatable bonds is 1. The molecule has 2 saturated heterocycles. The van der Waals surface area contributed by atoms with Gasteiger partial charge in [0.2, 0.25) is 0 Å². The van der Waals surface area contributed by atoms with Crippen molar-refractivity contribution in [3.8, 4) is 0 Å². The molecule has 5 nitrogen and oxygen atoms in total. The van der Waals surface area contributed by atoms with Crippen molar-refractivity contribution in [2.24, 2.45) is 11.8 Å². The second-order valence-corrected chi connectivity index (χ2v) is 6.30. The highest BCUT2D eigenvalue weighted by molar-refractivity contribution is 6.04. The molecule has 22 heavy (non-hydrogen) atoms. The number of aromatic amines is 1. The quantitative estimate of drug-likeness (QED) is 0.844. The van der Waals surface area contributed by atoms with Crippen molar-refractivity contribution in [1.82, 2.24) is 20.2 Å². The Labute approximate surface area is 127 Å². The van der Waals surface area contributed by atoms with Gasteiger partial charge < -0.3 is 15.2 Å². The van der Waals surface area contributed by atoms with E-state index >= 15 is 0 Å². The first-order valence-electron chi connectivity index (χ1n) is 7.85. The van der Waals surface area contributed by atoms with Crippen molar-refractivity contribution in [2.45, 2.75) is 12.8 Å². The van der Waals surface area contributed by atoms with Crippen LogP contribution in [0.25, 0.3) is 11.0 Å². The molecule has 3 heterocycles. The lowest BCUT2D eigenvalue weighted by Gasteiger charge is -2.21. The van der Waals surface area contributed by atoms with Crippen molar-refractivity contribution >= 4 is 16.9 Å². The van der Waals surface area contributed by atoms with Gasteiger partial charge >= 0.3 is 0 Å². The zero-order valence-corrected chi connectivity index (χ0v) is 12.3. The van der Waals surface area contributed by atoms with E-state index in [1.54, 1.807) is 0 Å². The number of H-pyrrole nitrogens is 1. The first kappa shape index (κ1) is 13.7. The Morgan fingerprint density at radius 1 is 1.23 bits per heavy atom. The van der Waals surface area contributed by atoms with Crippen LogP contribution in [0, 0.1) is 17.7 Å². The highest BCUT2D eigenvalue weighted by Gasteiger charge is 2.32. The molecular weight excluding hydrogens is 283 g/mol. The van der Waals surface area contributed by atoms with Crippen LogP contribution in [0.4, 0.5) is 4.39 Å². The van der Waals surface area contributed by atoms with Gasteiger partial charge in [0.05, 0.1) is 17.4 Å². The van der Waals surface area contributed by atoms with Gasteiger partial charge in [0.1, 0.15) is 11.3 Å². The Kier molecular flexibility index (Phi) is 3.33. The maximum Gasteiger partial charge on any atom is 0.256 e. The van der Waals surface area contributed by atoms with Crippen molar-refractivity contribution in [3.63, 3.8) is 0 Å². The Balaban J connectivity index is 1.61. The average molecular weight is 302 g/mol. The zero-order valence-electron chi connectivity index (χ0n) is 12.3. The summed E-state index contributed by atoms with van der Waals surface area (Å²) >= 11 is 0. The number of halogens is 1. The molecule has 116 valence electrons. The maximum absolute atomic E-state index is 13.7. The molecule has 2 atom stereocenters. The van der Waals surface area contributed by atoms with E-state index in [1.165, 1.54) is 18.5 Å². The zero-order chi connectivity index (χ0) is 15.1. The second-order valence-electron chi connectivity index (χ2n) is 6.30. The fourth-order valence-electron chi connectivity index (χ4n) is 3.77. The molecular formula is C16H19FN4O. The van der Waals surface area contributed by atoms with E-state index < -0.39 is 5.82 Å². The van der Waals surface area contributed by atoms with Gasteiger partial charge in [0.25, 0.3) is 5.91 Å². The molecule has 2 fully saturated rings. The molecule has 0 saturated carbocycles. The monoisotopic (exact) mass is 302 g/mol. The molecule has 1 aromatic heterocycles. The molecule has 1 aromatic carbocycles. The predicted octanol–water partition coefficient (Wildman–Crippen LogP) is 1.77. The highest BCUT2D eigenvalue weighted by atomic mass is 19.1. The number of benzene rings is 1. The van der Waals surface area contributed by atoms with E-state index in [1.807, 2.05) is 4.90 Å². The van der Waals surface area contributed by atoms with Crippen molar-refractivity contribution < 1.29 is 9.18 Å². The van der Waals surface area contributed by atoms with Crippen molar-refractivity contribution in [1.29, 1.82) is 0 Å². The number of aromatic nitrogens is 2. The summed E-state index contributed by atoms with van der Waals surface area (Å²) < 4.78 is 13.7. The van der Waals surface area contributed by atoms with E-state index in [9.17, 15) is 9.18 Å². The lowest BCUT2D eigenvalue weighted by Crippen LogP contribution is -2.33. The molecule has 2 N–H and O–H groups in total. The van der Waals surface area contributed by atoms with Gasteiger partial charge in [-0.25, -0.2) is 9.37 Å². The first-order chi connectivity index (χ1) is 10.7. The molecule has 4 rings (SSSR count). The van der Waals surface area contributed by atoms with Crippen molar-refractivity contribution in [3.05, 3.63) is 29.8 Å². The predicted molar refractivity (Wildman–Crippen MR) is 81.0 cm³/mol. The Morgan fingerprint density at radius 2 is 1.95 bits per heavy atom. The van der Waals surface area contributed by atoms with Crippen LogP contribution in [0.1, 0.15) is 23.2 Å². The molecule has 0 unspecified atom stereocenters. The summed E-state index contributed by atoms with van der Waals surface area (Å²) in [6.45, 7) is 3.58. The normalized spacial score (nSPS) is 25.2. The minimum Gasteiger partial charge on any atom is -0.344 e. The Bertz CT molecular complexity index is 699. The third-order valence-electron chi connectivity index (χ3n) is 5.03. The topological polar surface area (TPSA) is 61.0 Å². The molecule has 0 bridgehead atoms. The Morgan fingerprint density at radius 3 is 2.68 bits per heavy atom. The molecule has 2 aliphatic heterocycles. The van der Waals surface area contributed by atoms with Gasteiger partial charge in [0.15, 0.2) is 0 Å². The van der Waals surface area contributed by atoms with Crippen LogP contribution in [0.2, 0.25) is 0 Å². The summed E-state index contributed by atoms with van der Waals surface area (Å²) in [5.41, 5.74) is 1.48. The molecule has 0 spiro atoms. The van der Waals surface area contributed by atoms with Crippen LogP contribution >= 0.6 is 0 Å². The largest absolute Gasteiger partial charge is 0.344 e. The van der Waals surface area contributed by atoms with Crippen LogP contribution in [0.3, 0.4) is 0 Å². The number of hydrogen-bond donors (Lipinski definition) is 2. The minimum atomic E-state index is -0.406. The van der Waals surface area contributed by atoms with E-state index in [0.29, 0.717) is 28.4 Å². The fraction of sp³-hybridized carbons (Fsp3) is 0.500. The maximum atomic E-state index is 13.7. The first-order valence-corrected chi connectivity index (χ1v) is 7.85. The lowest BCUT2D eigenvalue weighted by molar-refractivity contribution is 0.0760. The highest BCUT2D eigenvalue weighted by Crippen LogP contribution is 2.28. The number of nitrogens with zero attached hydrogens (tertiary/aromatic N) is 2. The second kappa shape index (κ2) is 5.35. The summed E-state index contributed by atoms with van der Waals surface area (Å²) in [4.78, 5) is 21.7. The molecule has 6 heteroatoms. The van der Waals surface area contributed by atoms with E-state index in [0.717, 1.165) is 39.0 Å². The van der Waals surface area contributed by atoms with Gasteiger partial charge in [0, 0.05) is 13.1 Å². The minimum absolute atomic E-state index is 0.107. The number of amides is 1. The van der Waals surface area contributed by atoms with Gasteiger partial charge in [-0.05, 0) is 49.9 Å². The lowest BCUT2D eigenvalue weighted by atomic mass is 9.92. The number of hydrogen-bond acceptors (Lipinski definition) is 3. The molecule has 2 aromatic rings. The summed E-state index contributed by atoms with van der Waals surface area (Å²) in [5, 5.41) is 3.43.